The zero-order chi connectivity index (χ0) is 14.0. The second-order valence-electron chi connectivity index (χ2n) is 8.39. The highest BCUT2D eigenvalue weighted by atomic mass is 16.3. The van der Waals surface area contributed by atoms with Crippen LogP contribution in [0.4, 0.5) is 0 Å². The zero-order valence-corrected chi connectivity index (χ0v) is 12.9. The molecular formula is C19H28O. The van der Waals surface area contributed by atoms with Crippen molar-refractivity contribution in [2.24, 2.45) is 28.6 Å². The van der Waals surface area contributed by atoms with Gasteiger partial charge in [0.05, 0.1) is 5.60 Å². The fourth-order valence-corrected chi connectivity index (χ4v) is 6.18. The Morgan fingerprint density at radius 3 is 2.70 bits per heavy atom. The van der Waals surface area contributed by atoms with Gasteiger partial charge in [0.1, 0.15) is 0 Å². The Bertz CT molecular complexity index is 478. The minimum atomic E-state index is -0.429. The van der Waals surface area contributed by atoms with Crippen molar-refractivity contribution in [3.8, 4) is 0 Å². The first-order valence-electron chi connectivity index (χ1n) is 8.57. The summed E-state index contributed by atoms with van der Waals surface area (Å²) in [5, 5.41) is 11.5. The van der Waals surface area contributed by atoms with Crippen LogP contribution in [-0.4, -0.2) is 10.7 Å². The van der Waals surface area contributed by atoms with Crippen LogP contribution in [0.2, 0.25) is 0 Å². The molecule has 6 atom stereocenters. The van der Waals surface area contributed by atoms with Crippen molar-refractivity contribution in [2.75, 3.05) is 0 Å². The van der Waals surface area contributed by atoms with Crippen LogP contribution in [0.25, 0.3) is 0 Å². The molecule has 0 bridgehead atoms. The number of allylic oxidation sites excluding steroid dienone is 3. The van der Waals surface area contributed by atoms with Crippen LogP contribution < -0.4 is 0 Å². The van der Waals surface area contributed by atoms with E-state index in [9.17, 15) is 5.11 Å². The lowest BCUT2D eigenvalue weighted by atomic mass is 9.47. The molecule has 0 amide bonds. The Morgan fingerprint density at radius 2 is 1.85 bits per heavy atom. The lowest BCUT2D eigenvalue weighted by Crippen LogP contribution is -2.58. The fourth-order valence-electron chi connectivity index (χ4n) is 6.18. The molecule has 110 valence electrons. The van der Waals surface area contributed by atoms with E-state index in [-0.39, 0.29) is 5.41 Å². The monoisotopic (exact) mass is 272 g/mol. The van der Waals surface area contributed by atoms with Crippen LogP contribution in [0.1, 0.15) is 58.8 Å². The predicted molar refractivity (Wildman–Crippen MR) is 82.2 cm³/mol. The summed E-state index contributed by atoms with van der Waals surface area (Å²) in [6.45, 7) is 4.84. The standard InChI is InChI=1S/C19H28O/c1-17-10-5-12-19(17,20)16-8-7-14-6-3-4-11-18(14,2)15(16)9-13-17/h3,6-8,14-16,20H,4-5,9-13H2,1-2H3/t14?,15-,16+,17-,18-,19+/m0/s1. The van der Waals surface area contributed by atoms with E-state index in [4.69, 9.17) is 0 Å². The van der Waals surface area contributed by atoms with E-state index < -0.39 is 5.60 Å². The van der Waals surface area contributed by atoms with Crippen LogP contribution in [0, 0.1) is 28.6 Å². The van der Waals surface area contributed by atoms with Gasteiger partial charge in [-0.1, -0.05) is 38.2 Å². The summed E-state index contributed by atoms with van der Waals surface area (Å²) in [5.41, 5.74) is 0.127. The minimum absolute atomic E-state index is 0.173. The summed E-state index contributed by atoms with van der Waals surface area (Å²) >= 11 is 0. The first-order chi connectivity index (χ1) is 9.50. The molecule has 4 aliphatic rings. The SMILES string of the molecule is C[C@@]12CCC[C@@]1(O)[C@@H]1C=CC3C=CCC[C@]3(C)[C@H]1CC2. The fraction of sp³-hybridized carbons (Fsp3) is 0.789. The van der Waals surface area contributed by atoms with Crippen molar-refractivity contribution in [2.45, 2.75) is 64.4 Å². The third kappa shape index (κ3) is 1.43. The third-order valence-corrected chi connectivity index (χ3v) is 7.65. The predicted octanol–water partition coefficient (Wildman–Crippen LogP) is 4.48. The molecule has 0 aromatic heterocycles. The topological polar surface area (TPSA) is 20.2 Å². The Balaban J connectivity index is 1.78. The summed E-state index contributed by atoms with van der Waals surface area (Å²) in [6.07, 6.45) is 18.1. The minimum Gasteiger partial charge on any atom is -0.389 e. The molecule has 4 aliphatic carbocycles. The molecule has 1 N–H and O–H groups in total. The van der Waals surface area contributed by atoms with E-state index in [1.807, 2.05) is 0 Å². The number of hydrogen-bond donors (Lipinski definition) is 1. The lowest BCUT2D eigenvalue weighted by molar-refractivity contribution is -0.158. The Labute approximate surface area is 123 Å². The average molecular weight is 272 g/mol. The van der Waals surface area contributed by atoms with Crippen molar-refractivity contribution < 1.29 is 5.11 Å². The first kappa shape index (κ1) is 13.1. The molecule has 0 aromatic carbocycles. The maximum Gasteiger partial charge on any atom is 0.0766 e. The van der Waals surface area contributed by atoms with Gasteiger partial charge in [0.2, 0.25) is 0 Å². The van der Waals surface area contributed by atoms with Gasteiger partial charge in [-0.25, -0.2) is 0 Å². The van der Waals surface area contributed by atoms with Gasteiger partial charge in [0.15, 0.2) is 0 Å². The number of rotatable bonds is 0. The summed E-state index contributed by atoms with van der Waals surface area (Å²) in [4.78, 5) is 0. The van der Waals surface area contributed by atoms with Gasteiger partial charge in [-0.15, -0.1) is 0 Å². The maximum atomic E-state index is 11.5. The van der Waals surface area contributed by atoms with Gasteiger partial charge in [0, 0.05) is 11.8 Å². The van der Waals surface area contributed by atoms with E-state index in [1.165, 1.54) is 38.5 Å². The van der Waals surface area contributed by atoms with Gasteiger partial charge < -0.3 is 5.11 Å². The molecule has 0 aliphatic heterocycles. The van der Waals surface area contributed by atoms with Crippen LogP contribution in [-0.2, 0) is 0 Å². The molecule has 0 heterocycles. The van der Waals surface area contributed by atoms with Crippen molar-refractivity contribution in [1.82, 2.24) is 0 Å². The van der Waals surface area contributed by atoms with Crippen molar-refractivity contribution in [3.63, 3.8) is 0 Å². The lowest BCUT2D eigenvalue weighted by Gasteiger charge is -2.59. The Kier molecular flexibility index (Phi) is 2.63. The van der Waals surface area contributed by atoms with E-state index in [0.717, 1.165) is 6.42 Å². The normalized spacial score (nSPS) is 57.0. The molecule has 0 spiro atoms. The van der Waals surface area contributed by atoms with Gasteiger partial charge in [0.25, 0.3) is 0 Å². The van der Waals surface area contributed by atoms with Gasteiger partial charge >= 0.3 is 0 Å². The van der Waals surface area contributed by atoms with Gasteiger partial charge in [-0.2, -0.15) is 0 Å². The molecule has 0 saturated heterocycles. The van der Waals surface area contributed by atoms with Crippen LogP contribution in [0.5, 0.6) is 0 Å². The second-order valence-corrected chi connectivity index (χ2v) is 8.39. The average Bonchev–Trinajstić information content (AvgIpc) is 2.74. The smallest absolute Gasteiger partial charge is 0.0766 e. The molecule has 4 rings (SSSR count). The molecule has 2 fully saturated rings. The molecular weight excluding hydrogens is 244 g/mol. The van der Waals surface area contributed by atoms with Crippen LogP contribution in [0.3, 0.4) is 0 Å². The molecule has 1 nitrogen and oxygen atoms in total. The maximum absolute atomic E-state index is 11.5. The van der Waals surface area contributed by atoms with Gasteiger partial charge in [-0.05, 0) is 61.7 Å². The number of hydrogen-bond acceptors (Lipinski definition) is 1. The summed E-state index contributed by atoms with van der Waals surface area (Å²) in [7, 11) is 0. The van der Waals surface area contributed by atoms with Crippen molar-refractivity contribution in [3.05, 3.63) is 24.3 Å². The van der Waals surface area contributed by atoms with Crippen molar-refractivity contribution >= 4 is 0 Å². The van der Waals surface area contributed by atoms with E-state index >= 15 is 0 Å². The second kappa shape index (κ2) is 4.00. The highest BCUT2D eigenvalue weighted by molar-refractivity contribution is 5.25. The summed E-state index contributed by atoms with van der Waals surface area (Å²) in [5.74, 6) is 1.68. The van der Waals surface area contributed by atoms with Gasteiger partial charge in [-0.3, -0.25) is 0 Å². The van der Waals surface area contributed by atoms with E-state index in [2.05, 4.69) is 38.2 Å². The van der Waals surface area contributed by atoms with Crippen LogP contribution >= 0.6 is 0 Å². The largest absolute Gasteiger partial charge is 0.389 e. The first-order valence-corrected chi connectivity index (χ1v) is 8.57. The Hall–Kier alpha value is -0.560. The zero-order valence-electron chi connectivity index (χ0n) is 12.9. The molecule has 0 aromatic rings. The van der Waals surface area contributed by atoms with E-state index in [0.29, 0.717) is 23.2 Å². The quantitative estimate of drug-likeness (QED) is 0.645. The van der Waals surface area contributed by atoms with Crippen molar-refractivity contribution in [1.29, 1.82) is 0 Å². The molecule has 0 radical (unpaired) electrons. The Morgan fingerprint density at radius 1 is 1.00 bits per heavy atom. The molecule has 1 unspecified atom stereocenters. The molecule has 1 heteroatoms. The number of aliphatic hydroxyl groups is 1. The highest BCUT2D eigenvalue weighted by Gasteiger charge is 2.62. The van der Waals surface area contributed by atoms with E-state index in [1.54, 1.807) is 0 Å². The van der Waals surface area contributed by atoms with Crippen LogP contribution in [0.15, 0.2) is 24.3 Å². The summed E-state index contributed by atoms with van der Waals surface area (Å²) < 4.78 is 0. The third-order valence-electron chi connectivity index (χ3n) is 7.65. The molecule has 20 heavy (non-hydrogen) atoms. The molecule has 2 saturated carbocycles. The summed E-state index contributed by atoms with van der Waals surface area (Å²) in [6, 6.07) is 0. The number of fused-ring (bicyclic) bond motifs is 5. The highest BCUT2D eigenvalue weighted by Crippen LogP contribution is 2.65.